The standard InChI is InChI=1S/C17H13BrN2O4/c1-2-24-16-8-11(7-15(18)17(16)21)6-13(10-19)12-4-3-5-14(9-12)20(22)23/h3-9,21H,2H2,1H3/b13-6-. The minimum absolute atomic E-state index is 0.0251. The number of non-ortho nitro benzene ring substituents is 1. The lowest BCUT2D eigenvalue weighted by atomic mass is 10.0. The van der Waals surface area contributed by atoms with Crippen LogP contribution in [-0.4, -0.2) is 16.6 Å². The van der Waals surface area contributed by atoms with Gasteiger partial charge in [0.25, 0.3) is 5.69 Å². The van der Waals surface area contributed by atoms with Crippen molar-refractivity contribution in [3.8, 4) is 17.6 Å². The van der Waals surface area contributed by atoms with E-state index in [2.05, 4.69) is 15.9 Å². The molecule has 2 rings (SSSR count). The van der Waals surface area contributed by atoms with E-state index >= 15 is 0 Å². The van der Waals surface area contributed by atoms with Crippen LogP contribution in [0.5, 0.6) is 11.5 Å². The summed E-state index contributed by atoms with van der Waals surface area (Å²) in [7, 11) is 0. The molecule has 2 aromatic rings. The van der Waals surface area contributed by atoms with Gasteiger partial charge in [0, 0.05) is 12.1 Å². The molecule has 0 aliphatic rings. The van der Waals surface area contributed by atoms with E-state index in [0.717, 1.165) is 0 Å². The number of phenols is 1. The molecule has 24 heavy (non-hydrogen) atoms. The largest absolute Gasteiger partial charge is 0.503 e. The first kappa shape index (κ1) is 17.5. The number of nitro groups is 1. The molecule has 0 bridgehead atoms. The van der Waals surface area contributed by atoms with E-state index in [1.165, 1.54) is 18.2 Å². The Morgan fingerprint density at radius 1 is 1.46 bits per heavy atom. The van der Waals surface area contributed by atoms with Crippen LogP contribution in [0.25, 0.3) is 11.6 Å². The molecule has 6 nitrogen and oxygen atoms in total. The Kier molecular flexibility index (Phi) is 5.55. The van der Waals surface area contributed by atoms with Gasteiger partial charge in [-0.1, -0.05) is 12.1 Å². The fourth-order valence-electron chi connectivity index (χ4n) is 2.08. The summed E-state index contributed by atoms with van der Waals surface area (Å²) in [5.74, 6) is 0.261. The van der Waals surface area contributed by atoms with Crippen LogP contribution >= 0.6 is 15.9 Å². The minimum atomic E-state index is -0.511. The third-order valence-corrected chi connectivity index (χ3v) is 3.75. The number of phenolic OH excluding ortho intramolecular Hbond substituents is 1. The average Bonchev–Trinajstić information content (AvgIpc) is 2.57. The number of nitro benzene ring substituents is 1. The molecule has 0 saturated carbocycles. The first-order valence-electron chi connectivity index (χ1n) is 6.98. The van der Waals surface area contributed by atoms with Gasteiger partial charge in [-0.2, -0.15) is 5.26 Å². The number of hydrogen-bond donors (Lipinski definition) is 1. The van der Waals surface area contributed by atoms with Crippen LogP contribution in [0, 0.1) is 21.4 Å². The highest BCUT2D eigenvalue weighted by atomic mass is 79.9. The van der Waals surface area contributed by atoms with Gasteiger partial charge in [0.1, 0.15) is 0 Å². The highest BCUT2D eigenvalue weighted by molar-refractivity contribution is 9.10. The molecule has 122 valence electrons. The molecule has 0 amide bonds. The highest BCUT2D eigenvalue weighted by Crippen LogP contribution is 2.36. The van der Waals surface area contributed by atoms with E-state index in [0.29, 0.717) is 22.2 Å². The van der Waals surface area contributed by atoms with Crippen LogP contribution in [0.4, 0.5) is 5.69 Å². The maximum Gasteiger partial charge on any atom is 0.270 e. The predicted molar refractivity (Wildman–Crippen MR) is 93.6 cm³/mol. The lowest BCUT2D eigenvalue weighted by Gasteiger charge is -2.09. The minimum Gasteiger partial charge on any atom is -0.503 e. The summed E-state index contributed by atoms with van der Waals surface area (Å²) in [5, 5.41) is 30.2. The molecule has 7 heteroatoms. The van der Waals surface area contributed by atoms with Gasteiger partial charge in [0.2, 0.25) is 0 Å². The molecular formula is C17H13BrN2O4. The van der Waals surface area contributed by atoms with Crippen LogP contribution in [0.15, 0.2) is 40.9 Å². The number of rotatable bonds is 5. The Balaban J connectivity index is 2.50. The van der Waals surface area contributed by atoms with Crippen molar-refractivity contribution in [3.63, 3.8) is 0 Å². The SMILES string of the molecule is CCOc1cc(/C=C(/C#N)c2cccc([N+](=O)[O-])c2)cc(Br)c1O. The molecule has 0 spiro atoms. The third kappa shape index (κ3) is 3.91. The Morgan fingerprint density at radius 2 is 2.21 bits per heavy atom. The van der Waals surface area contributed by atoms with Gasteiger partial charge >= 0.3 is 0 Å². The maximum absolute atomic E-state index is 10.9. The molecule has 0 heterocycles. The van der Waals surface area contributed by atoms with Crippen molar-refractivity contribution in [2.24, 2.45) is 0 Å². The normalized spacial score (nSPS) is 11.0. The van der Waals surface area contributed by atoms with Crippen molar-refractivity contribution in [3.05, 3.63) is 62.1 Å². The molecule has 0 atom stereocenters. The summed E-state index contributed by atoms with van der Waals surface area (Å²) >= 11 is 3.23. The van der Waals surface area contributed by atoms with Crippen LogP contribution in [0.1, 0.15) is 18.1 Å². The van der Waals surface area contributed by atoms with Gasteiger partial charge in [-0.05, 0) is 52.2 Å². The lowest BCUT2D eigenvalue weighted by Crippen LogP contribution is -1.93. The van der Waals surface area contributed by atoms with E-state index in [-0.39, 0.29) is 22.8 Å². The molecule has 0 unspecified atom stereocenters. The number of benzene rings is 2. The topological polar surface area (TPSA) is 96.4 Å². The van der Waals surface area contributed by atoms with Crippen LogP contribution in [0.3, 0.4) is 0 Å². The van der Waals surface area contributed by atoms with E-state index in [1.54, 1.807) is 31.2 Å². The van der Waals surface area contributed by atoms with Gasteiger partial charge < -0.3 is 9.84 Å². The molecule has 1 N–H and O–H groups in total. The van der Waals surface area contributed by atoms with Gasteiger partial charge in [-0.25, -0.2) is 0 Å². The number of allylic oxidation sites excluding steroid dienone is 1. The van der Waals surface area contributed by atoms with Crippen LogP contribution in [0.2, 0.25) is 0 Å². The van der Waals surface area contributed by atoms with Crippen molar-refractivity contribution in [2.75, 3.05) is 6.61 Å². The summed E-state index contributed by atoms with van der Waals surface area (Å²) in [6, 6.07) is 11.1. The molecule has 0 aromatic heterocycles. The Morgan fingerprint density at radius 3 is 2.83 bits per heavy atom. The Labute approximate surface area is 146 Å². The maximum atomic E-state index is 10.9. The van der Waals surface area contributed by atoms with Gasteiger partial charge in [0.15, 0.2) is 11.5 Å². The Bertz CT molecular complexity index is 856. The first-order chi connectivity index (χ1) is 11.5. The van der Waals surface area contributed by atoms with Crippen LogP contribution < -0.4 is 4.74 Å². The highest BCUT2D eigenvalue weighted by Gasteiger charge is 2.11. The van der Waals surface area contributed by atoms with Crippen molar-refractivity contribution in [1.29, 1.82) is 5.26 Å². The zero-order valence-corrected chi connectivity index (χ0v) is 14.3. The predicted octanol–water partition coefficient (Wildman–Crippen LogP) is 4.53. The van der Waals surface area contributed by atoms with Gasteiger partial charge in [-0.3, -0.25) is 10.1 Å². The second-order valence-corrected chi connectivity index (χ2v) is 5.61. The first-order valence-corrected chi connectivity index (χ1v) is 7.77. The molecule has 2 aromatic carbocycles. The summed E-state index contributed by atoms with van der Waals surface area (Å²) < 4.78 is 5.78. The van der Waals surface area contributed by atoms with E-state index in [1.807, 2.05) is 6.07 Å². The van der Waals surface area contributed by atoms with Gasteiger partial charge in [0.05, 0.1) is 27.6 Å². The number of halogens is 1. The zero-order chi connectivity index (χ0) is 17.7. The molecular weight excluding hydrogens is 376 g/mol. The average molecular weight is 389 g/mol. The molecule has 0 aliphatic carbocycles. The number of nitriles is 1. The molecule has 0 fully saturated rings. The number of ether oxygens (including phenoxy) is 1. The van der Waals surface area contributed by atoms with Crippen molar-refractivity contribution < 1.29 is 14.8 Å². The zero-order valence-electron chi connectivity index (χ0n) is 12.7. The molecule has 0 saturated heterocycles. The smallest absolute Gasteiger partial charge is 0.270 e. The third-order valence-electron chi connectivity index (χ3n) is 3.15. The van der Waals surface area contributed by atoms with Crippen LogP contribution in [-0.2, 0) is 0 Å². The fourth-order valence-corrected chi connectivity index (χ4v) is 2.54. The quantitative estimate of drug-likeness (QED) is 0.351. The van der Waals surface area contributed by atoms with Gasteiger partial charge in [-0.15, -0.1) is 0 Å². The second-order valence-electron chi connectivity index (χ2n) is 4.76. The fraction of sp³-hybridized carbons (Fsp3) is 0.118. The number of aromatic hydroxyl groups is 1. The van der Waals surface area contributed by atoms with Crippen molar-refractivity contribution >= 4 is 33.3 Å². The molecule has 0 aliphatic heterocycles. The Hall–Kier alpha value is -2.85. The van der Waals surface area contributed by atoms with E-state index in [4.69, 9.17) is 4.74 Å². The van der Waals surface area contributed by atoms with Crippen molar-refractivity contribution in [1.82, 2.24) is 0 Å². The van der Waals surface area contributed by atoms with Crippen molar-refractivity contribution in [2.45, 2.75) is 6.92 Å². The number of nitrogens with zero attached hydrogens (tertiary/aromatic N) is 2. The second kappa shape index (κ2) is 7.62. The summed E-state index contributed by atoms with van der Waals surface area (Å²) in [6.07, 6.45) is 1.58. The molecule has 0 radical (unpaired) electrons. The lowest BCUT2D eigenvalue weighted by molar-refractivity contribution is -0.384. The summed E-state index contributed by atoms with van der Waals surface area (Å²) in [4.78, 5) is 10.4. The monoisotopic (exact) mass is 388 g/mol. The van der Waals surface area contributed by atoms with E-state index < -0.39 is 4.92 Å². The summed E-state index contributed by atoms with van der Waals surface area (Å²) in [5.41, 5.74) is 1.23. The summed E-state index contributed by atoms with van der Waals surface area (Å²) in [6.45, 7) is 2.17. The van der Waals surface area contributed by atoms with E-state index in [9.17, 15) is 20.5 Å². The number of hydrogen-bond acceptors (Lipinski definition) is 5.